The lowest BCUT2D eigenvalue weighted by Gasteiger charge is -2.35. The number of benzene rings is 2. The minimum absolute atomic E-state index is 0.0327. The molecule has 2 aliphatic rings. The molecule has 0 N–H and O–H groups in total. The maximum absolute atomic E-state index is 13.0. The normalized spacial score (nSPS) is 20.4. The Hall–Kier alpha value is -3.55. The molecule has 36 heavy (non-hydrogen) atoms. The molecule has 0 amide bonds. The highest BCUT2D eigenvalue weighted by Gasteiger charge is 2.40. The van der Waals surface area contributed by atoms with Gasteiger partial charge in [0.05, 0.1) is 28.4 Å². The summed E-state index contributed by atoms with van der Waals surface area (Å²) in [5.74, 6) is 2.79. The van der Waals surface area contributed by atoms with E-state index in [4.69, 9.17) is 33.2 Å². The van der Waals surface area contributed by atoms with Crippen molar-refractivity contribution in [1.29, 1.82) is 0 Å². The Kier molecular flexibility index (Phi) is 7.24. The minimum atomic E-state index is -0.577. The fourth-order valence-corrected chi connectivity index (χ4v) is 4.96. The smallest absolute Gasteiger partial charge is 0.333 e. The third-order valence-electron chi connectivity index (χ3n) is 7.23. The summed E-state index contributed by atoms with van der Waals surface area (Å²) in [5.41, 5.74) is 3.78. The number of hydrogen-bond donors (Lipinski definition) is 0. The van der Waals surface area contributed by atoms with E-state index in [0.29, 0.717) is 52.1 Å². The van der Waals surface area contributed by atoms with Crippen LogP contribution in [0.2, 0.25) is 0 Å². The van der Waals surface area contributed by atoms with Gasteiger partial charge in [-0.25, -0.2) is 4.79 Å². The zero-order valence-electron chi connectivity index (χ0n) is 22.1. The molecular formula is C28H34O8. The molecule has 1 aliphatic carbocycles. The number of carbonyl (C=O) groups is 1. The molecule has 3 atom stereocenters. The summed E-state index contributed by atoms with van der Waals surface area (Å²) in [7, 11) is 6.35. The van der Waals surface area contributed by atoms with E-state index in [1.807, 2.05) is 19.1 Å². The molecule has 0 spiro atoms. The molecule has 0 saturated heterocycles. The lowest BCUT2D eigenvalue weighted by Crippen LogP contribution is -2.27. The van der Waals surface area contributed by atoms with Gasteiger partial charge in [-0.3, -0.25) is 0 Å². The lowest BCUT2D eigenvalue weighted by atomic mass is 9.75. The standard InChI is InChI=1S/C28H34O8/c1-9-14(2)28(29)36-23-16(4)15(3)10-17-11-19(30-5)24(31-6)26(32-7)21(17)22-18(23)12-20-25(27(22)33-8)35-13-34-20/h9,11-12,15-16,23H,10,13H2,1-8H3/t15-,16-,23-/m1/s1. The maximum Gasteiger partial charge on any atom is 0.333 e. The van der Waals surface area contributed by atoms with Crippen molar-refractivity contribution in [2.75, 3.05) is 35.2 Å². The summed E-state index contributed by atoms with van der Waals surface area (Å²) in [6.45, 7) is 7.87. The summed E-state index contributed by atoms with van der Waals surface area (Å²) >= 11 is 0. The second-order valence-electron chi connectivity index (χ2n) is 9.13. The highest BCUT2D eigenvalue weighted by molar-refractivity contribution is 5.90. The molecule has 0 fully saturated rings. The van der Waals surface area contributed by atoms with Gasteiger partial charge in [0.25, 0.3) is 0 Å². The zero-order chi connectivity index (χ0) is 26.1. The van der Waals surface area contributed by atoms with Gasteiger partial charge in [0.15, 0.2) is 23.0 Å². The molecule has 1 heterocycles. The lowest BCUT2D eigenvalue weighted by molar-refractivity contribution is -0.148. The molecule has 8 nitrogen and oxygen atoms in total. The van der Waals surface area contributed by atoms with E-state index in [2.05, 4.69) is 13.8 Å². The fourth-order valence-electron chi connectivity index (χ4n) is 4.96. The number of esters is 1. The monoisotopic (exact) mass is 498 g/mol. The molecule has 2 aromatic rings. The summed E-state index contributed by atoms with van der Waals surface area (Å²) < 4.78 is 41.0. The van der Waals surface area contributed by atoms with E-state index in [1.165, 1.54) is 0 Å². The molecule has 1 aliphatic heterocycles. The molecule has 2 aromatic carbocycles. The van der Waals surface area contributed by atoms with Gasteiger partial charge in [-0.15, -0.1) is 0 Å². The highest BCUT2D eigenvalue weighted by Crippen LogP contribution is 2.58. The van der Waals surface area contributed by atoms with Crippen molar-refractivity contribution >= 4 is 5.97 Å². The predicted molar refractivity (Wildman–Crippen MR) is 135 cm³/mol. The van der Waals surface area contributed by atoms with Gasteiger partial charge in [-0.2, -0.15) is 0 Å². The van der Waals surface area contributed by atoms with Gasteiger partial charge in [0.2, 0.25) is 18.3 Å². The fraction of sp³-hybridized carbons (Fsp3) is 0.464. The van der Waals surface area contributed by atoms with Crippen LogP contribution in [-0.2, 0) is 16.0 Å². The number of allylic oxidation sites excluding steroid dienone is 1. The average Bonchev–Trinajstić information content (AvgIpc) is 3.36. The zero-order valence-corrected chi connectivity index (χ0v) is 22.1. The third-order valence-corrected chi connectivity index (χ3v) is 7.23. The molecule has 4 rings (SSSR count). The van der Waals surface area contributed by atoms with Crippen molar-refractivity contribution < 1.29 is 38.0 Å². The van der Waals surface area contributed by atoms with Crippen LogP contribution in [0.15, 0.2) is 23.8 Å². The van der Waals surface area contributed by atoms with E-state index >= 15 is 0 Å². The molecule has 8 heteroatoms. The Morgan fingerprint density at radius 1 is 0.944 bits per heavy atom. The molecular weight excluding hydrogens is 464 g/mol. The van der Waals surface area contributed by atoms with Gasteiger partial charge in [0, 0.05) is 28.2 Å². The van der Waals surface area contributed by atoms with Crippen LogP contribution in [0.3, 0.4) is 0 Å². The summed E-state index contributed by atoms with van der Waals surface area (Å²) in [6, 6.07) is 3.86. The van der Waals surface area contributed by atoms with Crippen LogP contribution in [0.4, 0.5) is 0 Å². The number of fused-ring (bicyclic) bond motifs is 4. The van der Waals surface area contributed by atoms with Crippen LogP contribution in [-0.4, -0.2) is 41.2 Å². The van der Waals surface area contributed by atoms with Crippen LogP contribution in [0.1, 0.15) is 44.9 Å². The number of ether oxygens (including phenoxy) is 7. The summed E-state index contributed by atoms with van der Waals surface area (Å²) in [4.78, 5) is 13.0. The SMILES string of the molecule is CC=C(C)C(=O)O[C@H]1c2cc3c(c(OC)c2-c2c(cc(OC)c(OC)c2OC)C[C@@H](C)[C@H]1C)OCO3. The summed E-state index contributed by atoms with van der Waals surface area (Å²) in [5, 5.41) is 0. The summed E-state index contributed by atoms with van der Waals surface area (Å²) in [6.07, 6.45) is 1.85. The highest BCUT2D eigenvalue weighted by atomic mass is 16.7. The van der Waals surface area contributed by atoms with Crippen molar-refractivity contribution in [2.24, 2.45) is 11.8 Å². The van der Waals surface area contributed by atoms with Crippen molar-refractivity contribution in [3.63, 3.8) is 0 Å². The molecule has 0 bridgehead atoms. The van der Waals surface area contributed by atoms with Gasteiger partial charge in [-0.1, -0.05) is 19.9 Å². The van der Waals surface area contributed by atoms with Crippen LogP contribution < -0.4 is 28.4 Å². The predicted octanol–water partition coefficient (Wildman–Crippen LogP) is 5.50. The van der Waals surface area contributed by atoms with Crippen molar-refractivity contribution in [3.8, 4) is 45.6 Å². The number of methoxy groups -OCH3 is 4. The first-order chi connectivity index (χ1) is 17.3. The van der Waals surface area contributed by atoms with Crippen molar-refractivity contribution in [1.82, 2.24) is 0 Å². The van der Waals surface area contributed by atoms with Gasteiger partial charge >= 0.3 is 5.97 Å². The molecule has 0 aromatic heterocycles. The van der Waals surface area contributed by atoms with Crippen LogP contribution in [0.25, 0.3) is 11.1 Å². The second-order valence-corrected chi connectivity index (χ2v) is 9.13. The second kappa shape index (κ2) is 10.2. The van der Waals surface area contributed by atoms with Gasteiger partial charge in [0.1, 0.15) is 6.10 Å². The third kappa shape index (κ3) is 4.08. The Bertz CT molecular complexity index is 1200. The molecule has 0 saturated carbocycles. The van der Waals surface area contributed by atoms with E-state index in [1.54, 1.807) is 41.4 Å². The van der Waals surface area contributed by atoms with Crippen LogP contribution in [0, 0.1) is 11.8 Å². The Morgan fingerprint density at radius 3 is 2.25 bits per heavy atom. The van der Waals surface area contributed by atoms with Gasteiger partial charge < -0.3 is 33.2 Å². The Balaban J connectivity index is 2.12. The first-order valence-corrected chi connectivity index (χ1v) is 12.0. The van der Waals surface area contributed by atoms with E-state index in [-0.39, 0.29) is 24.6 Å². The average molecular weight is 499 g/mol. The largest absolute Gasteiger partial charge is 0.493 e. The topological polar surface area (TPSA) is 81.7 Å². The number of hydrogen-bond acceptors (Lipinski definition) is 8. The number of carbonyl (C=O) groups excluding carboxylic acids is 1. The Labute approximate surface area is 212 Å². The molecule has 0 unspecified atom stereocenters. The van der Waals surface area contributed by atoms with E-state index in [0.717, 1.165) is 16.7 Å². The number of rotatable bonds is 6. The Morgan fingerprint density at radius 2 is 1.64 bits per heavy atom. The van der Waals surface area contributed by atoms with E-state index < -0.39 is 6.10 Å². The van der Waals surface area contributed by atoms with Gasteiger partial charge in [-0.05, 0) is 43.9 Å². The van der Waals surface area contributed by atoms with Crippen LogP contribution in [0.5, 0.6) is 34.5 Å². The first kappa shape index (κ1) is 25.5. The van der Waals surface area contributed by atoms with Crippen LogP contribution >= 0.6 is 0 Å². The van der Waals surface area contributed by atoms with Crippen molar-refractivity contribution in [3.05, 3.63) is 34.9 Å². The molecule has 194 valence electrons. The first-order valence-electron chi connectivity index (χ1n) is 12.0. The van der Waals surface area contributed by atoms with Crippen molar-refractivity contribution in [2.45, 2.75) is 40.2 Å². The maximum atomic E-state index is 13.0. The quantitative estimate of drug-likeness (QED) is 0.382. The molecule has 0 radical (unpaired) electrons. The minimum Gasteiger partial charge on any atom is -0.493 e. The van der Waals surface area contributed by atoms with E-state index in [9.17, 15) is 4.79 Å².